The number of nitrogens with one attached hydrogen (secondary N) is 1. The van der Waals surface area contributed by atoms with E-state index in [2.05, 4.69) is 25.5 Å². The van der Waals surface area contributed by atoms with Crippen molar-refractivity contribution < 1.29 is 4.74 Å². The molecular weight excluding hydrogens is 274 g/mol. The highest BCUT2D eigenvalue weighted by Gasteiger charge is 2.20. The maximum Gasteiger partial charge on any atom is 0.218 e. The molecule has 1 aliphatic carbocycles. The average molecular weight is 291 g/mol. The maximum atomic E-state index is 5.64. The van der Waals surface area contributed by atoms with Crippen LogP contribution in [0.1, 0.15) is 29.3 Å². The number of aromatic nitrogens is 4. The van der Waals surface area contributed by atoms with Gasteiger partial charge in [0.1, 0.15) is 22.2 Å². The molecule has 0 unspecified atom stereocenters. The van der Waals surface area contributed by atoms with Crippen LogP contribution < -0.4 is 10.1 Å². The molecular formula is C13H17N5OS. The van der Waals surface area contributed by atoms with Crippen LogP contribution >= 0.6 is 11.3 Å². The van der Waals surface area contributed by atoms with Crippen molar-refractivity contribution >= 4 is 17.2 Å². The lowest BCUT2D eigenvalue weighted by molar-refractivity contribution is 0.291. The van der Waals surface area contributed by atoms with Crippen molar-refractivity contribution in [2.24, 2.45) is 5.92 Å². The Morgan fingerprint density at radius 1 is 1.35 bits per heavy atom. The molecule has 0 spiro atoms. The molecule has 2 aromatic heterocycles. The van der Waals surface area contributed by atoms with Gasteiger partial charge < -0.3 is 10.1 Å². The number of aryl methyl sites for hydroxylation is 1. The summed E-state index contributed by atoms with van der Waals surface area (Å²) in [5.74, 6) is 2.24. The summed E-state index contributed by atoms with van der Waals surface area (Å²) in [5, 5.41) is 13.2. The second kappa shape index (κ2) is 6.13. The Kier molecular flexibility index (Phi) is 4.05. The van der Waals surface area contributed by atoms with Gasteiger partial charge in [-0.15, -0.1) is 10.2 Å². The van der Waals surface area contributed by atoms with E-state index in [4.69, 9.17) is 4.74 Å². The first kappa shape index (κ1) is 13.2. The van der Waals surface area contributed by atoms with Gasteiger partial charge in [-0.2, -0.15) is 0 Å². The molecule has 2 heterocycles. The number of ether oxygens (including phenoxy) is 1. The molecule has 0 aromatic carbocycles. The Hall–Kier alpha value is -1.76. The zero-order chi connectivity index (χ0) is 13.8. The Balaban J connectivity index is 1.50. The molecule has 20 heavy (non-hydrogen) atoms. The number of rotatable bonds is 7. The molecule has 7 heteroatoms. The van der Waals surface area contributed by atoms with Crippen molar-refractivity contribution in [3.63, 3.8) is 0 Å². The van der Waals surface area contributed by atoms with Gasteiger partial charge in [0, 0.05) is 6.07 Å². The van der Waals surface area contributed by atoms with Gasteiger partial charge in [-0.05, 0) is 19.3 Å². The fraction of sp³-hybridized carbons (Fsp3) is 0.538. The predicted molar refractivity (Wildman–Crippen MR) is 76.8 cm³/mol. The van der Waals surface area contributed by atoms with Crippen LogP contribution in [0.15, 0.2) is 12.4 Å². The highest BCUT2D eigenvalue weighted by molar-refractivity contribution is 7.11. The summed E-state index contributed by atoms with van der Waals surface area (Å²) in [6.07, 6.45) is 5.33. The Labute approximate surface area is 121 Å². The lowest BCUT2D eigenvalue weighted by Crippen LogP contribution is -2.04. The molecule has 1 N–H and O–H groups in total. The Morgan fingerprint density at radius 2 is 2.25 bits per heavy atom. The van der Waals surface area contributed by atoms with E-state index in [1.165, 1.54) is 19.2 Å². The first-order chi connectivity index (χ1) is 9.79. The lowest BCUT2D eigenvalue weighted by atomic mass is 10.3. The van der Waals surface area contributed by atoms with E-state index >= 15 is 0 Å². The number of nitrogens with zero attached hydrogens (tertiary/aromatic N) is 4. The fourth-order valence-corrected chi connectivity index (χ4v) is 2.48. The van der Waals surface area contributed by atoms with Gasteiger partial charge in [-0.1, -0.05) is 24.2 Å². The lowest BCUT2D eigenvalue weighted by Gasteiger charge is -2.06. The molecule has 1 aliphatic rings. The number of hydrogen-bond donors (Lipinski definition) is 1. The predicted octanol–water partition coefficient (Wildman–Crippen LogP) is 2.43. The minimum Gasteiger partial charge on any atom is -0.478 e. The van der Waals surface area contributed by atoms with Crippen LogP contribution in [-0.4, -0.2) is 26.8 Å². The van der Waals surface area contributed by atoms with Crippen molar-refractivity contribution in [2.75, 3.05) is 11.9 Å². The monoisotopic (exact) mass is 291 g/mol. The Morgan fingerprint density at radius 3 is 3.00 bits per heavy atom. The van der Waals surface area contributed by atoms with Crippen molar-refractivity contribution in [1.29, 1.82) is 0 Å². The number of anilines is 1. The first-order valence-electron chi connectivity index (χ1n) is 6.77. The third kappa shape index (κ3) is 3.86. The summed E-state index contributed by atoms with van der Waals surface area (Å²) in [4.78, 5) is 8.29. The first-order valence-corrected chi connectivity index (χ1v) is 7.59. The van der Waals surface area contributed by atoms with Gasteiger partial charge in [-0.3, -0.25) is 0 Å². The zero-order valence-electron chi connectivity index (χ0n) is 11.4. The summed E-state index contributed by atoms with van der Waals surface area (Å²) in [5.41, 5.74) is 0. The van der Waals surface area contributed by atoms with E-state index < -0.39 is 0 Å². The third-order valence-electron chi connectivity index (χ3n) is 3.10. The molecule has 0 atom stereocenters. The smallest absolute Gasteiger partial charge is 0.218 e. The Bertz CT molecular complexity index is 569. The molecule has 0 amide bonds. The highest BCUT2D eigenvalue weighted by atomic mass is 32.1. The van der Waals surface area contributed by atoms with Gasteiger partial charge in [0.2, 0.25) is 5.88 Å². The molecule has 6 nitrogen and oxygen atoms in total. The van der Waals surface area contributed by atoms with Crippen LogP contribution in [-0.2, 0) is 6.54 Å². The van der Waals surface area contributed by atoms with Gasteiger partial charge >= 0.3 is 0 Å². The zero-order valence-corrected chi connectivity index (χ0v) is 12.2. The molecule has 1 fully saturated rings. The third-order valence-corrected chi connectivity index (χ3v) is 3.94. The van der Waals surface area contributed by atoms with E-state index in [1.54, 1.807) is 11.3 Å². The molecule has 0 saturated heterocycles. The van der Waals surface area contributed by atoms with E-state index in [9.17, 15) is 0 Å². The number of hydrogen-bond acceptors (Lipinski definition) is 7. The molecule has 1 saturated carbocycles. The molecule has 0 bridgehead atoms. The second-order valence-corrected chi connectivity index (χ2v) is 6.16. The topological polar surface area (TPSA) is 72.8 Å². The minimum atomic E-state index is 0.615. The van der Waals surface area contributed by atoms with E-state index in [-0.39, 0.29) is 0 Å². The van der Waals surface area contributed by atoms with Gasteiger partial charge in [-0.25, -0.2) is 9.97 Å². The van der Waals surface area contributed by atoms with Crippen molar-refractivity contribution in [3.8, 4) is 5.88 Å². The molecule has 0 radical (unpaired) electrons. The summed E-state index contributed by atoms with van der Waals surface area (Å²) in [6.45, 7) is 3.29. The molecule has 106 valence electrons. The van der Waals surface area contributed by atoms with Crippen LogP contribution in [0, 0.1) is 12.8 Å². The van der Waals surface area contributed by atoms with Crippen molar-refractivity contribution in [3.05, 3.63) is 22.4 Å². The highest BCUT2D eigenvalue weighted by Crippen LogP contribution is 2.32. The minimum absolute atomic E-state index is 0.615. The van der Waals surface area contributed by atoms with E-state index in [0.717, 1.165) is 34.8 Å². The largest absolute Gasteiger partial charge is 0.478 e. The quantitative estimate of drug-likeness (QED) is 0.844. The summed E-state index contributed by atoms with van der Waals surface area (Å²) in [7, 11) is 0. The van der Waals surface area contributed by atoms with Gasteiger partial charge in [0.25, 0.3) is 0 Å². The van der Waals surface area contributed by atoms with E-state index in [0.29, 0.717) is 12.4 Å². The summed E-state index contributed by atoms with van der Waals surface area (Å²) < 4.78 is 5.64. The van der Waals surface area contributed by atoms with Crippen LogP contribution in [0.2, 0.25) is 0 Å². The van der Waals surface area contributed by atoms with Crippen LogP contribution in [0.5, 0.6) is 5.88 Å². The summed E-state index contributed by atoms with van der Waals surface area (Å²) in [6, 6.07) is 1.82. The normalized spacial score (nSPS) is 14.2. The summed E-state index contributed by atoms with van der Waals surface area (Å²) >= 11 is 1.58. The standard InChI is InChI=1S/C13H17N5OS/c1-9-17-18-13(20-9)7-14-11-6-12(16-8-15-11)19-5-4-10-2-3-10/h6,8,10H,2-5,7H2,1H3,(H,14,15,16). The molecule has 2 aromatic rings. The van der Waals surface area contributed by atoms with Crippen molar-refractivity contribution in [1.82, 2.24) is 20.2 Å². The van der Waals surface area contributed by atoms with E-state index in [1.807, 2.05) is 13.0 Å². The van der Waals surface area contributed by atoms with Gasteiger partial charge in [0.15, 0.2) is 0 Å². The van der Waals surface area contributed by atoms with Crippen molar-refractivity contribution in [2.45, 2.75) is 32.7 Å². The van der Waals surface area contributed by atoms with Crippen LogP contribution in [0.4, 0.5) is 5.82 Å². The molecule has 3 rings (SSSR count). The molecule has 0 aliphatic heterocycles. The van der Waals surface area contributed by atoms with Crippen LogP contribution in [0.25, 0.3) is 0 Å². The fourth-order valence-electron chi connectivity index (χ4n) is 1.83. The average Bonchev–Trinajstić information content (AvgIpc) is 3.18. The van der Waals surface area contributed by atoms with Crippen LogP contribution in [0.3, 0.4) is 0 Å². The maximum absolute atomic E-state index is 5.64. The second-order valence-electron chi connectivity index (χ2n) is 4.89. The SMILES string of the molecule is Cc1nnc(CNc2cc(OCCC3CC3)ncn2)s1. The van der Waals surface area contributed by atoms with Gasteiger partial charge in [0.05, 0.1) is 13.2 Å².